The number of nitrogens with zero attached hydrogens (tertiary/aromatic N) is 3. The second kappa shape index (κ2) is 5.25. The van der Waals surface area contributed by atoms with Gasteiger partial charge in [-0.15, -0.1) is 0 Å². The molecule has 2 aromatic rings. The van der Waals surface area contributed by atoms with E-state index in [-0.39, 0.29) is 5.91 Å². The van der Waals surface area contributed by atoms with Gasteiger partial charge in [-0.2, -0.15) is 0 Å². The van der Waals surface area contributed by atoms with Crippen molar-refractivity contribution in [1.82, 2.24) is 14.3 Å². The van der Waals surface area contributed by atoms with E-state index in [1.165, 1.54) is 0 Å². The standard InChI is InChI=1S/C16H18ClN3O2/c1-10-6-11-7-19(5-4-14(11)22-10)16(21)13-9-20-8-12(17)2-3-15(20)18-13/h2-3,8-11,14H,4-7H2,1H3/t10-,11-,14+/m0/s1. The number of pyridine rings is 1. The Balaban J connectivity index is 1.55. The molecule has 0 aliphatic carbocycles. The van der Waals surface area contributed by atoms with Gasteiger partial charge in [-0.3, -0.25) is 4.79 Å². The van der Waals surface area contributed by atoms with Crippen molar-refractivity contribution in [2.45, 2.75) is 32.0 Å². The first-order chi connectivity index (χ1) is 10.6. The summed E-state index contributed by atoms with van der Waals surface area (Å²) in [4.78, 5) is 19.0. The van der Waals surface area contributed by atoms with Gasteiger partial charge < -0.3 is 14.0 Å². The first-order valence-corrected chi connectivity index (χ1v) is 8.07. The molecular formula is C16H18ClN3O2. The highest BCUT2D eigenvalue weighted by Gasteiger charge is 2.39. The zero-order valence-corrected chi connectivity index (χ0v) is 13.2. The van der Waals surface area contributed by atoms with E-state index in [4.69, 9.17) is 16.3 Å². The lowest BCUT2D eigenvalue weighted by molar-refractivity contribution is 0.00851. The molecule has 2 fully saturated rings. The minimum Gasteiger partial charge on any atom is -0.375 e. The number of rotatable bonds is 1. The van der Waals surface area contributed by atoms with Gasteiger partial charge in [0.25, 0.3) is 5.91 Å². The van der Waals surface area contributed by atoms with Crippen LogP contribution >= 0.6 is 11.6 Å². The number of carbonyl (C=O) groups excluding carboxylic acids is 1. The topological polar surface area (TPSA) is 46.8 Å². The Morgan fingerprint density at radius 2 is 2.27 bits per heavy atom. The third-order valence-electron chi connectivity index (χ3n) is 4.63. The predicted molar refractivity (Wildman–Crippen MR) is 83.2 cm³/mol. The van der Waals surface area contributed by atoms with Crippen LogP contribution in [-0.4, -0.2) is 45.5 Å². The van der Waals surface area contributed by atoms with E-state index in [0.29, 0.717) is 28.8 Å². The molecule has 4 rings (SSSR count). The fourth-order valence-electron chi connectivity index (χ4n) is 3.61. The summed E-state index contributed by atoms with van der Waals surface area (Å²) in [6, 6.07) is 3.60. The lowest BCUT2D eigenvalue weighted by atomic mass is 9.93. The number of imidazole rings is 1. The summed E-state index contributed by atoms with van der Waals surface area (Å²) in [5, 5.41) is 0.627. The second-order valence-electron chi connectivity index (χ2n) is 6.26. The van der Waals surface area contributed by atoms with Gasteiger partial charge in [-0.05, 0) is 31.9 Å². The summed E-state index contributed by atoms with van der Waals surface area (Å²) < 4.78 is 7.68. The van der Waals surface area contributed by atoms with Crippen LogP contribution < -0.4 is 0 Å². The molecule has 3 atom stereocenters. The van der Waals surface area contributed by atoms with Crippen LogP contribution in [0.2, 0.25) is 5.02 Å². The van der Waals surface area contributed by atoms with Crippen LogP contribution in [0, 0.1) is 5.92 Å². The van der Waals surface area contributed by atoms with Crippen molar-refractivity contribution < 1.29 is 9.53 Å². The SMILES string of the molecule is C[C@H]1C[C@H]2CN(C(=O)c3cn4cc(Cl)ccc4n3)CC[C@H]2O1. The van der Waals surface area contributed by atoms with Gasteiger partial charge in [0.1, 0.15) is 11.3 Å². The molecule has 22 heavy (non-hydrogen) atoms. The number of aromatic nitrogens is 2. The largest absolute Gasteiger partial charge is 0.375 e. The Bertz CT molecular complexity index is 729. The quantitative estimate of drug-likeness (QED) is 0.812. The minimum absolute atomic E-state index is 0.00201. The van der Waals surface area contributed by atoms with Gasteiger partial charge in [0.05, 0.1) is 17.2 Å². The lowest BCUT2D eigenvalue weighted by Crippen LogP contribution is -2.44. The van der Waals surface area contributed by atoms with E-state index in [0.717, 1.165) is 31.6 Å². The summed E-state index contributed by atoms with van der Waals surface area (Å²) in [5.74, 6) is 0.456. The summed E-state index contributed by atoms with van der Waals surface area (Å²) >= 11 is 5.97. The van der Waals surface area contributed by atoms with E-state index in [2.05, 4.69) is 11.9 Å². The molecule has 1 amide bonds. The van der Waals surface area contributed by atoms with Gasteiger partial charge in [0, 0.05) is 31.4 Å². The summed E-state index contributed by atoms with van der Waals surface area (Å²) in [6.45, 7) is 3.61. The number of hydrogen-bond acceptors (Lipinski definition) is 3. The maximum absolute atomic E-state index is 12.7. The van der Waals surface area contributed by atoms with Gasteiger partial charge in [-0.1, -0.05) is 11.6 Å². The highest BCUT2D eigenvalue weighted by Crippen LogP contribution is 2.33. The van der Waals surface area contributed by atoms with Crippen LogP contribution in [0.15, 0.2) is 24.5 Å². The smallest absolute Gasteiger partial charge is 0.274 e. The van der Waals surface area contributed by atoms with E-state index in [1.807, 2.05) is 11.0 Å². The highest BCUT2D eigenvalue weighted by molar-refractivity contribution is 6.30. The minimum atomic E-state index is -0.00201. The number of carbonyl (C=O) groups is 1. The summed E-state index contributed by atoms with van der Waals surface area (Å²) in [7, 11) is 0. The molecule has 0 N–H and O–H groups in total. The Labute approximate surface area is 133 Å². The van der Waals surface area contributed by atoms with E-state index in [1.54, 1.807) is 22.9 Å². The van der Waals surface area contributed by atoms with Crippen LogP contribution in [-0.2, 0) is 4.74 Å². The number of hydrogen-bond donors (Lipinski definition) is 0. The third kappa shape index (κ3) is 2.38. The number of likely N-dealkylation sites (tertiary alicyclic amines) is 1. The van der Waals surface area contributed by atoms with Crippen molar-refractivity contribution >= 4 is 23.2 Å². The molecule has 0 bridgehead atoms. The lowest BCUT2D eigenvalue weighted by Gasteiger charge is -2.33. The molecule has 5 nitrogen and oxygen atoms in total. The predicted octanol–water partition coefficient (Wildman–Crippen LogP) is 2.63. The van der Waals surface area contributed by atoms with Crippen molar-refractivity contribution in [3.8, 4) is 0 Å². The van der Waals surface area contributed by atoms with Crippen molar-refractivity contribution in [1.29, 1.82) is 0 Å². The fraction of sp³-hybridized carbons (Fsp3) is 0.500. The summed E-state index contributed by atoms with van der Waals surface area (Å²) in [6.07, 6.45) is 6.10. The first kappa shape index (κ1) is 14.0. The van der Waals surface area contributed by atoms with E-state index in [9.17, 15) is 4.79 Å². The maximum atomic E-state index is 12.7. The van der Waals surface area contributed by atoms with Gasteiger partial charge in [0.15, 0.2) is 0 Å². The molecule has 2 aliphatic heterocycles. The van der Waals surface area contributed by atoms with Crippen molar-refractivity contribution in [2.24, 2.45) is 5.92 Å². The van der Waals surface area contributed by atoms with Crippen LogP contribution in [0.3, 0.4) is 0 Å². The average molecular weight is 320 g/mol. The Morgan fingerprint density at radius 1 is 1.41 bits per heavy atom. The molecule has 6 heteroatoms. The molecule has 2 aliphatic rings. The monoisotopic (exact) mass is 319 g/mol. The first-order valence-electron chi connectivity index (χ1n) is 7.69. The number of amides is 1. The molecule has 2 saturated heterocycles. The molecule has 0 saturated carbocycles. The van der Waals surface area contributed by atoms with Crippen LogP contribution in [0.5, 0.6) is 0 Å². The Hall–Kier alpha value is -1.59. The van der Waals surface area contributed by atoms with Crippen molar-refractivity contribution in [2.75, 3.05) is 13.1 Å². The molecule has 4 heterocycles. The molecule has 0 unspecified atom stereocenters. The fourth-order valence-corrected chi connectivity index (χ4v) is 3.78. The maximum Gasteiger partial charge on any atom is 0.274 e. The molecule has 0 spiro atoms. The zero-order valence-electron chi connectivity index (χ0n) is 12.4. The van der Waals surface area contributed by atoms with Crippen LogP contribution in [0.1, 0.15) is 30.3 Å². The van der Waals surface area contributed by atoms with E-state index < -0.39 is 0 Å². The third-order valence-corrected chi connectivity index (χ3v) is 4.85. The second-order valence-corrected chi connectivity index (χ2v) is 6.70. The summed E-state index contributed by atoms with van der Waals surface area (Å²) in [5.41, 5.74) is 1.22. The number of ether oxygens (including phenoxy) is 1. The molecule has 0 aromatic carbocycles. The average Bonchev–Trinajstić information content (AvgIpc) is 3.07. The number of halogens is 1. The highest BCUT2D eigenvalue weighted by atomic mass is 35.5. The Morgan fingerprint density at radius 3 is 3.14 bits per heavy atom. The molecule has 0 radical (unpaired) electrons. The number of fused-ring (bicyclic) bond motifs is 2. The van der Waals surface area contributed by atoms with E-state index >= 15 is 0 Å². The zero-order chi connectivity index (χ0) is 15.3. The van der Waals surface area contributed by atoms with Gasteiger partial charge >= 0.3 is 0 Å². The van der Waals surface area contributed by atoms with Crippen LogP contribution in [0.25, 0.3) is 5.65 Å². The Kier molecular flexibility index (Phi) is 3.35. The van der Waals surface area contributed by atoms with Crippen molar-refractivity contribution in [3.63, 3.8) is 0 Å². The van der Waals surface area contributed by atoms with Crippen LogP contribution in [0.4, 0.5) is 0 Å². The van der Waals surface area contributed by atoms with Crippen molar-refractivity contribution in [3.05, 3.63) is 35.2 Å². The van der Waals surface area contributed by atoms with Gasteiger partial charge in [0.2, 0.25) is 0 Å². The molecular weight excluding hydrogens is 302 g/mol. The normalized spacial score (nSPS) is 28.1. The molecule has 2 aromatic heterocycles. The molecule has 116 valence electrons. The number of piperidine rings is 1. The van der Waals surface area contributed by atoms with Gasteiger partial charge in [-0.25, -0.2) is 4.98 Å².